The summed E-state index contributed by atoms with van der Waals surface area (Å²) in [5.74, 6) is -5.34. The van der Waals surface area contributed by atoms with Crippen LogP contribution in [0.5, 0.6) is 0 Å². The Labute approximate surface area is 206 Å². The van der Waals surface area contributed by atoms with Gasteiger partial charge < -0.3 is 35.3 Å². The molecular weight excluding hydrogens is 474 g/mol. The van der Waals surface area contributed by atoms with Crippen LogP contribution in [0.1, 0.15) is 32.8 Å². The minimum atomic E-state index is -2.24. The molecule has 1 spiro atoms. The van der Waals surface area contributed by atoms with Crippen LogP contribution in [0, 0.1) is 0 Å². The second kappa shape index (κ2) is 10.5. The van der Waals surface area contributed by atoms with Gasteiger partial charge in [0.05, 0.1) is 19.8 Å². The predicted molar refractivity (Wildman–Crippen MR) is 124 cm³/mol. The number of anilines is 1. The summed E-state index contributed by atoms with van der Waals surface area (Å²) in [5.41, 5.74) is 9.01. The van der Waals surface area contributed by atoms with E-state index in [0.717, 1.165) is 0 Å². The van der Waals surface area contributed by atoms with Gasteiger partial charge in [-0.15, -0.1) is 0 Å². The van der Waals surface area contributed by atoms with Crippen molar-refractivity contribution in [1.82, 2.24) is 0 Å². The van der Waals surface area contributed by atoms with Crippen LogP contribution >= 0.6 is 0 Å². The third-order valence-electron chi connectivity index (χ3n) is 5.58. The lowest BCUT2D eigenvalue weighted by Crippen LogP contribution is -2.52. The molecule has 36 heavy (non-hydrogen) atoms. The van der Waals surface area contributed by atoms with Crippen molar-refractivity contribution in [2.75, 3.05) is 31.3 Å². The number of hydrogen-bond donors (Lipinski definition) is 2. The van der Waals surface area contributed by atoms with Crippen molar-refractivity contribution in [3.8, 4) is 0 Å². The van der Waals surface area contributed by atoms with Crippen LogP contribution in [-0.2, 0) is 48.3 Å². The summed E-state index contributed by atoms with van der Waals surface area (Å²) in [4.78, 5) is 65.8. The lowest BCUT2D eigenvalue weighted by atomic mass is 9.66. The number of esters is 4. The maximum absolute atomic E-state index is 13.7. The first-order valence-electron chi connectivity index (χ1n) is 11.3. The highest BCUT2D eigenvalue weighted by atomic mass is 16.6. The first kappa shape index (κ1) is 26.3. The van der Waals surface area contributed by atoms with Crippen LogP contribution in [0.15, 0.2) is 47.0 Å². The number of nitrogens with two attached hydrogens (primary N) is 2. The normalized spacial score (nSPS) is 18.6. The Hall–Kier alpha value is -4.35. The number of cyclic esters (lactones) is 1. The van der Waals surface area contributed by atoms with Crippen molar-refractivity contribution in [3.63, 3.8) is 0 Å². The van der Waals surface area contributed by atoms with E-state index in [4.69, 9.17) is 30.4 Å². The van der Waals surface area contributed by atoms with Crippen molar-refractivity contribution >= 4 is 35.5 Å². The molecule has 12 heteroatoms. The number of fused-ring (bicyclic) bond motifs is 2. The van der Waals surface area contributed by atoms with Crippen molar-refractivity contribution in [2.45, 2.75) is 32.6 Å². The van der Waals surface area contributed by atoms with Crippen LogP contribution in [0.25, 0.3) is 0 Å². The van der Waals surface area contributed by atoms with E-state index >= 15 is 0 Å². The highest BCUT2D eigenvalue weighted by molar-refractivity contribution is 6.16. The smallest absolute Gasteiger partial charge is 0.339 e. The molecule has 1 unspecified atom stereocenters. The van der Waals surface area contributed by atoms with Gasteiger partial charge in [0.1, 0.15) is 35.7 Å². The van der Waals surface area contributed by atoms with Crippen LogP contribution in [-0.4, -0.2) is 56.1 Å². The first-order valence-corrected chi connectivity index (χ1v) is 11.3. The fourth-order valence-corrected chi connectivity index (χ4v) is 4.36. The monoisotopic (exact) mass is 501 g/mol. The number of ether oxygens (including phenoxy) is 4. The van der Waals surface area contributed by atoms with Gasteiger partial charge in [0.15, 0.2) is 5.41 Å². The number of para-hydroxylation sites is 1. The molecule has 2 aliphatic rings. The molecule has 0 radical (unpaired) electrons. The molecule has 1 amide bonds. The molecule has 0 bridgehead atoms. The zero-order chi connectivity index (χ0) is 26.6. The Morgan fingerprint density at radius 2 is 1.53 bits per heavy atom. The predicted octanol–water partition coefficient (Wildman–Crippen LogP) is 0.290. The van der Waals surface area contributed by atoms with Crippen molar-refractivity contribution in [2.24, 2.45) is 11.5 Å². The second-order valence-corrected chi connectivity index (χ2v) is 7.69. The molecule has 3 rings (SSSR count). The molecule has 0 aliphatic carbocycles. The average molecular weight is 501 g/mol. The highest BCUT2D eigenvalue weighted by Crippen LogP contribution is 2.54. The van der Waals surface area contributed by atoms with Crippen LogP contribution in [0.2, 0.25) is 0 Å². The van der Waals surface area contributed by atoms with Crippen molar-refractivity contribution in [3.05, 3.63) is 52.6 Å². The minimum absolute atomic E-state index is 0.0474. The summed E-state index contributed by atoms with van der Waals surface area (Å²) in [5, 5.41) is 0. The summed E-state index contributed by atoms with van der Waals surface area (Å²) < 4.78 is 20.8. The van der Waals surface area contributed by atoms with Gasteiger partial charge in [-0.05, 0) is 26.8 Å². The Bertz CT molecular complexity index is 1190. The summed E-state index contributed by atoms with van der Waals surface area (Å²) in [6.07, 6.45) is -0.585. The van der Waals surface area contributed by atoms with Crippen LogP contribution in [0.3, 0.4) is 0 Å². The lowest BCUT2D eigenvalue weighted by Gasteiger charge is -2.40. The Morgan fingerprint density at radius 1 is 0.944 bits per heavy atom. The molecule has 192 valence electrons. The molecule has 0 saturated carbocycles. The summed E-state index contributed by atoms with van der Waals surface area (Å²) in [7, 11) is 0. The number of carbonyl (C=O) groups is 5. The molecule has 4 N–H and O–H groups in total. The van der Waals surface area contributed by atoms with Crippen molar-refractivity contribution < 1.29 is 42.9 Å². The van der Waals surface area contributed by atoms with Crippen LogP contribution in [0.4, 0.5) is 5.69 Å². The molecule has 1 aromatic rings. The van der Waals surface area contributed by atoms with E-state index in [0.29, 0.717) is 0 Å². The van der Waals surface area contributed by atoms with Gasteiger partial charge in [0.25, 0.3) is 0 Å². The first-order chi connectivity index (χ1) is 17.1. The number of nitrogens with zero attached hydrogens (tertiary/aromatic N) is 1. The molecule has 0 saturated heterocycles. The third-order valence-corrected chi connectivity index (χ3v) is 5.58. The molecule has 0 aromatic heterocycles. The summed E-state index contributed by atoms with van der Waals surface area (Å²) in [6, 6.07) is 6.18. The second-order valence-electron chi connectivity index (χ2n) is 7.69. The van der Waals surface area contributed by atoms with E-state index in [9.17, 15) is 24.0 Å². The molecule has 2 aliphatic heterocycles. The standard InChI is InChI=1S/C24H27N3O9/c1-4-33-17(29)11-15-18(21(30)34-5-2)24(23(32)36-15)13-9-7-8-10-14(13)27(12-16(25)28)20(26)19(24)22(31)35-6-3/h7-10H,4-6,11-12,26H2,1-3H3,(H2,25,28). The Morgan fingerprint density at radius 3 is 2.11 bits per heavy atom. The lowest BCUT2D eigenvalue weighted by molar-refractivity contribution is -0.148. The van der Waals surface area contributed by atoms with Gasteiger partial charge >= 0.3 is 23.9 Å². The zero-order valence-electron chi connectivity index (χ0n) is 20.1. The summed E-state index contributed by atoms with van der Waals surface area (Å²) >= 11 is 0. The number of primary amides is 1. The zero-order valence-corrected chi connectivity index (χ0v) is 20.1. The molecule has 1 atom stereocenters. The SMILES string of the molecule is CCOC(=O)CC1=C(C(=O)OCC)C2(C(=O)O1)C(C(=O)OCC)=C(N)N(CC(N)=O)c1ccccc12. The van der Waals surface area contributed by atoms with E-state index in [-0.39, 0.29) is 42.7 Å². The molecule has 0 fully saturated rings. The van der Waals surface area contributed by atoms with Gasteiger partial charge in [-0.3, -0.25) is 9.59 Å². The Kier molecular flexibility index (Phi) is 7.66. The number of benzene rings is 1. The van der Waals surface area contributed by atoms with E-state index in [1.54, 1.807) is 32.9 Å². The molecule has 12 nitrogen and oxygen atoms in total. The summed E-state index contributed by atoms with van der Waals surface area (Å²) in [6.45, 7) is 4.12. The maximum Gasteiger partial charge on any atom is 0.339 e. The largest absolute Gasteiger partial charge is 0.466 e. The van der Waals surface area contributed by atoms with Gasteiger partial charge in [-0.1, -0.05) is 18.2 Å². The van der Waals surface area contributed by atoms with Gasteiger partial charge in [0, 0.05) is 11.3 Å². The molecule has 1 aromatic carbocycles. The van der Waals surface area contributed by atoms with Gasteiger partial charge in [-0.2, -0.15) is 0 Å². The third kappa shape index (κ3) is 4.25. The molecular formula is C24H27N3O9. The van der Waals surface area contributed by atoms with E-state index in [1.807, 2.05) is 0 Å². The van der Waals surface area contributed by atoms with Gasteiger partial charge in [0.2, 0.25) is 5.91 Å². The fraction of sp³-hybridized carbons (Fsp3) is 0.375. The number of hydrogen-bond acceptors (Lipinski definition) is 11. The number of amides is 1. The maximum atomic E-state index is 13.7. The minimum Gasteiger partial charge on any atom is -0.466 e. The average Bonchev–Trinajstić information content (AvgIpc) is 3.08. The topological polar surface area (TPSA) is 178 Å². The van der Waals surface area contributed by atoms with E-state index < -0.39 is 59.3 Å². The van der Waals surface area contributed by atoms with E-state index in [1.165, 1.54) is 17.0 Å². The quantitative estimate of drug-likeness (QED) is 0.351. The van der Waals surface area contributed by atoms with E-state index in [2.05, 4.69) is 0 Å². The Balaban J connectivity index is 2.44. The highest BCUT2D eigenvalue weighted by Gasteiger charge is 2.64. The van der Waals surface area contributed by atoms with Crippen molar-refractivity contribution in [1.29, 1.82) is 0 Å². The number of rotatable bonds is 9. The number of carbonyl (C=O) groups excluding carboxylic acids is 5. The molecule has 2 heterocycles. The van der Waals surface area contributed by atoms with Crippen LogP contribution < -0.4 is 16.4 Å². The van der Waals surface area contributed by atoms with Gasteiger partial charge in [-0.25, -0.2) is 14.4 Å². The fourth-order valence-electron chi connectivity index (χ4n) is 4.36.